The van der Waals surface area contributed by atoms with E-state index in [0.29, 0.717) is 17.1 Å². The molecule has 0 spiro atoms. The fraction of sp³-hybridized carbons (Fsp3) is 0.0625. The Hall–Kier alpha value is -3.49. The number of carbonyl (C=O) groups excluding carboxylic acids is 1. The van der Waals surface area contributed by atoms with E-state index in [-0.39, 0.29) is 11.4 Å². The van der Waals surface area contributed by atoms with Gasteiger partial charge < -0.3 is 10.4 Å². The van der Waals surface area contributed by atoms with Crippen molar-refractivity contribution in [3.8, 4) is 5.69 Å². The molecule has 0 saturated heterocycles. The van der Waals surface area contributed by atoms with Crippen LogP contribution >= 0.6 is 0 Å². The lowest BCUT2D eigenvalue weighted by atomic mass is 9.95. The zero-order chi connectivity index (χ0) is 18.0. The smallest absolute Gasteiger partial charge is 0.356 e. The molecule has 2 aromatic heterocycles. The Morgan fingerprint density at radius 2 is 1.76 bits per heavy atom. The van der Waals surface area contributed by atoms with Crippen LogP contribution < -0.4 is 10.8 Å². The highest BCUT2D eigenvalue weighted by Crippen LogP contribution is 2.19. The third-order valence-corrected chi connectivity index (χ3v) is 3.55. The summed E-state index contributed by atoms with van der Waals surface area (Å²) in [4.78, 5) is 32.0. The molecule has 0 aliphatic heterocycles. The fourth-order valence-corrected chi connectivity index (χ4v) is 2.24. The number of carbonyl (C=O) groups is 2. The second-order valence-corrected chi connectivity index (χ2v) is 5.43. The maximum Gasteiger partial charge on any atom is 0.356 e. The van der Waals surface area contributed by atoms with Gasteiger partial charge in [-0.1, -0.05) is 29.7 Å². The van der Waals surface area contributed by atoms with Gasteiger partial charge in [-0.25, -0.2) is 19.4 Å². The predicted octanol–water partition coefficient (Wildman–Crippen LogP) is 0.180. The fourth-order valence-electron chi connectivity index (χ4n) is 2.24. The topological polar surface area (TPSA) is 110 Å². The van der Waals surface area contributed by atoms with Crippen LogP contribution in [-0.2, 0) is 0 Å². The molecular weight excluding hydrogens is 321 g/mol. The molecule has 0 unspecified atom stereocenters. The normalized spacial score (nSPS) is 10.4. The number of carboxylic acids is 1. The molecule has 0 aliphatic rings. The third-order valence-electron chi connectivity index (χ3n) is 3.55. The molecule has 0 radical (unpaired) electrons. The van der Waals surface area contributed by atoms with E-state index in [2.05, 4.69) is 20.4 Å². The Bertz CT molecular complexity index is 935. The van der Waals surface area contributed by atoms with E-state index >= 15 is 0 Å². The van der Waals surface area contributed by atoms with Gasteiger partial charge in [-0.3, -0.25) is 4.79 Å². The third kappa shape index (κ3) is 3.39. The Balaban J connectivity index is 1.94. The van der Waals surface area contributed by atoms with Gasteiger partial charge in [0.05, 0.1) is 24.3 Å². The molecule has 9 heteroatoms. The molecule has 124 valence electrons. The van der Waals surface area contributed by atoms with Gasteiger partial charge in [0.1, 0.15) is 19.4 Å². The van der Waals surface area contributed by atoms with E-state index < -0.39 is 11.9 Å². The highest BCUT2D eigenvalue weighted by atomic mass is 16.4. The summed E-state index contributed by atoms with van der Waals surface area (Å²) in [6.45, 7) is 1.72. The monoisotopic (exact) mass is 335 g/mol. The lowest BCUT2D eigenvalue weighted by molar-refractivity contribution is 0.0688. The minimum atomic E-state index is -1.22. The lowest BCUT2D eigenvalue weighted by Crippen LogP contribution is -2.16. The first-order valence-corrected chi connectivity index (χ1v) is 7.44. The van der Waals surface area contributed by atoms with Crippen molar-refractivity contribution < 1.29 is 14.7 Å². The lowest BCUT2D eigenvalue weighted by Gasteiger charge is -2.07. The first kappa shape index (κ1) is 16.4. The zero-order valence-electron chi connectivity index (χ0n) is 13.6. The number of nitrogens with one attached hydrogen (secondary N) is 1. The van der Waals surface area contributed by atoms with Crippen molar-refractivity contribution in [3.05, 3.63) is 59.9 Å². The Morgan fingerprint density at radius 1 is 1.12 bits per heavy atom. The number of hydrogen-bond acceptors (Lipinski definition) is 5. The van der Waals surface area contributed by atoms with Crippen molar-refractivity contribution in [1.29, 1.82) is 0 Å². The summed E-state index contributed by atoms with van der Waals surface area (Å²) >= 11 is 0. The number of hydrogen-bond donors (Lipinski definition) is 2. The maximum absolute atomic E-state index is 12.3. The van der Waals surface area contributed by atoms with Crippen molar-refractivity contribution in [2.24, 2.45) is 0 Å². The van der Waals surface area contributed by atoms with Crippen molar-refractivity contribution >= 4 is 30.9 Å². The van der Waals surface area contributed by atoms with E-state index in [4.69, 9.17) is 0 Å². The number of carboxylic acid groups (broad SMARTS) is 1. The molecule has 0 atom stereocenters. The molecule has 1 amide bonds. The molecule has 0 bridgehead atoms. The summed E-state index contributed by atoms with van der Waals surface area (Å²) in [6, 6.07) is 6.95. The molecule has 8 nitrogen and oxygen atoms in total. The Labute approximate surface area is 144 Å². The molecule has 3 aromatic rings. The summed E-state index contributed by atoms with van der Waals surface area (Å²) in [5.41, 5.74) is 1.76. The van der Waals surface area contributed by atoms with Crippen LogP contribution in [0.5, 0.6) is 0 Å². The van der Waals surface area contributed by atoms with Crippen LogP contribution in [0.4, 0.5) is 5.69 Å². The van der Waals surface area contributed by atoms with Crippen LogP contribution in [0.2, 0.25) is 0 Å². The second kappa shape index (κ2) is 6.56. The van der Waals surface area contributed by atoms with Gasteiger partial charge in [0.15, 0.2) is 5.69 Å². The van der Waals surface area contributed by atoms with Crippen molar-refractivity contribution in [1.82, 2.24) is 19.7 Å². The molecular formula is C16H14BN5O3. The highest BCUT2D eigenvalue weighted by molar-refractivity contribution is 6.32. The quantitative estimate of drug-likeness (QED) is 0.658. The standard InChI is InChI=1S/C16H14BN5O3/c1-9-18-6-12(7-19-9)22-14(16(24)25)13(8-20-22)21-15(23)10-2-4-11(17)5-3-10/h2-8H,17H2,1H3,(H,21,23)(H,24,25). The first-order valence-electron chi connectivity index (χ1n) is 7.44. The van der Waals surface area contributed by atoms with Crippen molar-refractivity contribution in [2.75, 3.05) is 5.32 Å². The number of aryl methyl sites for hydroxylation is 1. The summed E-state index contributed by atoms with van der Waals surface area (Å²) in [5, 5.41) is 16.1. The zero-order valence-corrected chi connectivity index (χ0v) is 13.6. The van der Waals surface area contributed by atoms with Gasteiger partial charge in [0.25, 0.3) is 5.91 Å². The number of aromatic carboxylic acids is 1. The van der Waals surface area contributed by atoms with E-state index in [9.17, 15) is 14.7 Å². The average Bonchev–Trinajstić information content (AvgIpc) is 3.00. The summed E-state index contributed by atoms with van der Waals surface area (Å²) in [7, 11) is 1.91. The number of amides is 1. The first-order chi connectivity index (χ1) is 12.0. The number of benzene rings is 1. The van der Waals surface area contributed by atoms with Crippen LogP contribution in [0.3, 0.4) is 0 Å². The highest BCUT2D eigenvalue weighted by Gasteiger charge is 2.21. The number of anilines is 1. The molecule has 2 heterocycles. The van der Waals surface area contributed by atoms with Crippen LogP contribution in [0.1, 0.15) is 26.7 Å². The number of rotatable bonds is 4. The average molecular weight is 335 g/mol. The SMILES string of the molecule is Bc1ccc(C(=O)Nc2cnn(-c3cnc(C)nc3)c2C(=O)O)cc1. The van der Waals surface area contributed by atoms with Crippen LogP contribution in [0.25, 0.3) is 5.69 Å². The molecule has 0 fully saturated rings. The van der Waals surface area contributed by atoms with E-state index in [1.807, 2.05) is 7.85 Å². The molecule has 0 aliphatic carbocycles. The summed E-state index contributed by atoms with van der Waals surface area (Å²) < 4.78 is 1.17. The predicted molar refractivity (Wildman–Crippen MR) is 93.4 cm³/mol. The molecule has 0 saturated carbocycles. The van der Waals surface area contributed by atoms with E-state index in [0.717, 1.165) is 5.46 Å². The van der Waals surface area contributed by atoms with Gasteiger partial charge in [0, 0.05) is 5.56 Å². The summed E-state index contributed by atoms with van der Waals surface area (Å²) in [5.74, 6) is -1.08. The Morgan fingerprint density at radius 3 is 2.36 bits per heavy atom. The van der Waals surface area contributed by atoms with Gasteiger partial charge >= 0.3 is 5.97 Å². The maximum atomic E-state index is 12.3. The minimum Gasteiger partial charge on any atom is -0.476 e. The van der Waals surface area contributed by atoms with Gasteiger partial charge in [-0.05, 0) is 6.92 Å². The van der Waals surface area contributed by atoms with Crippen molar-refractivity contribution in [2.45, 2.75) is 6.92 Å². The second-order valence-electron chi connectivity index (χ2n) is 5.43. The van der Waals surface area contributed by atoms with Crippen LogP contribution in [0.15, 0.2) is 42.9 Å². The van der Waals surface area contributed by atoms with Crippen LogP contribution in [-0.4, -0.2) is 44.6 Å². The van der Waals surface area contributed by atoms with E-state index in [1.54, 1.807) is 31.2 Å². The van der Waals surface area contributed by atoms with Gasteiger partial charge in [-0.15, -0.1) is 0 Å². The number of aromatic nitrogens is 4. The minimum absolute atomic E-state index is 0.0960. The largest absolute Gasteiger partial charge is 0.476 e. The van der Waals surface area contributed by atoms with Gasteiger partial charge in [0.2, 0.25) is 0 Å². The van der Waals surface area contributed by atoms with Crippen LogP contribution in [0, 0.1) is 6.92 Å². The molecule has 25 heavy (non-hydrogen) atoms. The van der Waals surface area contributed by atoms with E-state index in [1.165, 1.54) is 23.3 Å². The number of nitrogens with zero attached hydrogens (tertiary/aromatic N) is 4. The molecule has 1 aromatic carbocycles. The summed E-state index contributed by atoms with van der Waals surface area (Å²) in [6.07, 6.45) is 4.22. The Kier molecular flexibility index (Phi) is 4.30. The molecule has 2 N–H and O–H groups in total. The molecule has 3 rings (SSSR count). The van der Waals surface area contributed by atoms with Gasteiger partial charge in [-0.2, -0.15) is 5.10 Å². The van der Waals surface area contributed by atoms with Crippen molar-refractivity contribution in [3.63, 3.8) is 0 Å².